The second-order valence-electron chi connectivity index (χ2n) is 5.98. The van der Waals surface area contributed by atoms with Gasteiger partial charge in [-0.1, -0.05) is 18.5 Å². The van der Waals surface area contributed by atoms with Gasteiger partial charge >= 0.3 is 0 Å². The molecule has 5 heteroatoms. The van der Waals surface area contributed by atoms with Gasteiger partial charge in [-0.25, -0.2) is 0 Å². The third kappa shape index (κ3) is 6.36. The molecule has 1 atom stereocenters. The average molecular weight is 314 g/mol. The van der Waals surface area contributed by atoms with Gasteiger partial charge < -0.3 is 15.0 Å². The molecule has 1 amide bonds. The van der Waals surface area contributed by atoms with Crippen molar-refractivity contribution in [3.05, 3.63) is 28.3 Å². The molecule has 0 aromatic heterocycles. The van der Waals surface area contributed by atoms with Crippen LogP contribution in [0, 0.1) is 19.8 Å². The van der Waals surface area contributed by atoms with E-state index in [4.69, 9.17) is 16.3 Å². The second-order valence-corrected chi connectivity index (χ2v) is 6.36. The first kappa shape index (κ1) is 17.8. The third-order valence-corrected chi connectivity index (χ3v) is 3.78. The predicted molar refractivity (Wildman–Crippen MR) is 86.3 cm³/mol. The number of amides is 1. The lowest BCUT2D eigenvalue weighted by molar-refractivity contribution is -0.861. The van der Waals surface area contributed by atoms with Crippen LogP contribution in [-0.4, -0.2) is 39.7 Å². The fourth-order valence-corrected chi connectivity index (χ4v) is 2.36. The molecular weight excluding hydrogens is 288 g/mol. The molecule has 0 saturated carbocycles. The highest BCUT2D eigenvalue weighted by atomic mass is 35.5. The van der Waals surface area contributed by atoms with Crippen LogP contribution in [0.1, 0.15) is 18.1 Å². The van der Waals surface area contributed by atoms with E-state index in [1.165, 1.54) is 4.90 Å². The lowest BCUT2D eigenvalue weighted by Crippen LogP contribution is -3.06. The summed E-state index contributed by atoms with van der Waals surface area (Å²) in [7, 11) is 4.21. The number of hydrogen-bond acceptors (Lipinski definition) is 2. The zero-order valence-electron chi connectivity index (χ0n) is 13.5. The van der Waals surface area contributed by atoms with Crippen LogP contribution in [-0.2, 0) is 4.79 Å². The molecule has 1 rings (SSSR count). The maximum Gasteiger partial charge on any atom is 0.257 e. The number of nitrogens with one attached hydrogen (secondary N) is 2. The highest BCUT2D eigenvalue weighted by Crippen LogP contribution is 2.25. The number of halogens is 1. The van der Waals surface area contributed by atoms with Crippen molar-refractivity contribution in [2.45, 2.75) is 20.8 Å². The first-order valence-electron chi connectivity index (χ1n) is 7.25. The molecule has 4 nitrogen and oxygen atoms in total. The number of hydrogen-bond donors (Lipinski definition) is 2. The lowest BCUT2D eigenvalue weighted by atomic mass is 10.1. The van der Waals surface area contributed by atoms with Crippen LogP contribution in [0.3, 0.4) is 0 Å². The summed E-state index contributed by atoms with van der Waals surface area (Å²) in [6, 6.07) is 3.70. The summed E-state index contributed by atoms with van der Waals surface area (Å²) in [6.07, 6.45) is 0. The minimum Gasteiger partial charge on any atom is -0.484 e. The molecule has 0 radical (unpaired) electrons. The van der Waals surface area contributed by atoms with E-state index in [-0.39, 0.29) is 12.5 Å². The zero-order chi connectivity index (χ0) is 16.0. The summed E-state index contributed by atoms with van der Waals surface area (Å²) < 4.78 is 5.52. The molecule has 0 bridgehead atoms. The molecule has 0 aliphatic rings. The summed E-state index contributed by atoms with van der Waals surface area (Å²) in [5, 5.41) is 3.64. The number of carbonyl (C=O) groups is 1. The topological polar surface area (TPSA) is 42.8 Å². The highest BCUT2D eigenvalue weighted by molar-refractivity contribution is 6.32. The minimum absolute atomic E-state index is 0.0298. The quantitative estimate of drug-likeness (QED) is 0.795. The van der Waals surface area contributed by atoms with Crippen LogP contribution < -0.4 is 15.0 Å². The van der Waals surface area contributed by atoms with Gasteiger partial charge in [-0.15, -0.1) is 0 Å². The Morgan fingerprint density at radius 2 is 1.90 bits per heavy atom. The van der Waals surface area contributed by atoms with E-state index in [9.17, 15) is 4.79 Å². The number of aryl methyl sites for hydroxylation is 2. The Morgan fingerprint density at radius 3 is 2.43 bits per heavy atom. The summed E-state index contributed by atoms with van der Waals surface area (Å²) in [5.41, 5.74) is 1.91. The van der Waals surface area contributed by atoms with Crippen LogP contribution in [0.4, 0.5) is 0 Å². The van der Waals surface area contributed by atoms with Crippen molar-refractivity contribution in [1.29, 1.82) is 0 Å². The van der Waals surface area contributed by atoms with Crippen LogP contribution in [0.5, 0.6) is 5.75 Å². The number of benzene rings is 1. The molecule has 0 aliphatic carbocycles. The van der Waals surface area contributed by atoms with E-state index in [0.717, 1.165) is 22.7 Å². The fourth-order valence-electron chi connectivity index (χ4n) is 2.25. The summed E-state index contributed by atoms with van der Waals surface area (Å²) in [5.74, 6) is 1.02. The van der Waals surface area contributed by atoms with Gasteiger partial charge in [0, 0.05) is 17.5 Å². The summed E-state index contributed by atoms with van der Waals surface area (Å²) >= 11 is 6.10. The van der Waals surface area contributed by atoms with Crippen LogP contribution in [0.25, 0.3) is 0 Å². The average Bonchev–Trinajstić information content (AvgIpc) is 2.39. The minimum atomic E-state index is -0.0964. The van der Waals surface area contributed by atoms with E-state index in [1.807, 2.05) is 26.0 Å². The molecular formula is C16H26ClN2O2+. The Kier molecular flexibility index (Phi) is 6.99. The van der Waals surface area contributed by atoms with Crippen molar-refractivity contribution in [2.24, 2.45) is 5.92 Å². The number of rotatable bonds is 7. The van der Waals surface area contributed by atoms with Gasteiger partial charge in [0.15, 0.2) is 6.61 Å². The molecule has 1 aromatic carbocycles. The van der Waals surface area contributed by atoms with Gasteiger partial charge in [0.2, 0.25) is 0 Å². The number of quaternary nitrogens is 1. The summed E-state index contributed by atoms with van der Waals surface area (Å²) in [4.78, 5) is 13.1. The Labute approximate surface area is 132 Å². The van der Waals surface area contributed by atoms with Gasteiger partial charge in [0.05, 0.1) is 20.6 Å². The smallest absolute Gasteiger partial charge is 0.257 e. The third-order valence-electron chi connectivity index (χ3n) is 3.18. The van der Waals surface area contributed by atoms with E-state index in [0.29, 0.717) is 18.2 Å². The summed E-state index contributed by atoms with van der Waals surface area (Å²) in [6.45, 7) is 7.70. The Hall–Kier alpha value is -1.26. The van der Waals surface area contributed by atoms with E-state index in [1.54, 1.807) is 0 Å². The van der Waals surface area contributed by atoms with Gasteiger partial charge in [-0.3, -0.25) is 4.79 Å². The SMILES string of the molecule is Cc1cc(OCC(=O)NC[C@H](C)C[NH+](C)C)cc(C)c1Cl. The second kappa shape index (κ2) is 8.25. The maximum absolute atomic E-state index is 11.8. The predicted octanol–water partition coefficient (Wildman–Crippen LogP) is 1.23. The first-order valence-corrected chi connectivity index (χ1v) is 7.62. The van der Waals surface area contributed by atoms with Gasteiger partial charge in [-0.2, -0.15) is 0 Å². The largest absolute Gasteiger partial charge is 0.484 e. The van der Waals surface area contributed by atoms with E-state index in [2.05, 4.69) is 26.3 Å². The van der Waals surface area contributed by atoms with E-state index < -0.39 is 0 Å². The van der Waals surface area contributed by atoms with Crippen molar-refractivity contribution in [2.75, 3.05) is 33.8 Å². The van der Waals surface area contributed by atoms with Crippen molar-refractivity contribution >= 4 is 17.5 Å². The van der Waals surface area contributed by atoms with Gasteiger partial charge in [0.1, 0.15) is 5.75 Å². The van der Waals surface area contributed by atoms with Crippen LogP contribution in [0.2, 0.25) is 5.02 Å². The Balaban J connectivity index is 2.40. The van der Waals surface area contributed by atoms with Gasteiger partial charge in [-0.05, 0) is 37.1 Å². The molecule has 0 fully saturated rings. The van der Waals surface area contributed by atoms with E-state index >= 15 is 0 Å². The van der Waals surface area contributed by atoms with Crippen molar-refractivity contribution < 1.29 is 14.4 Å². The highest BCUT2D eigenvalue weighted by Gasteiger charge is 2.10. The Bertz CT molecular complexity index is 466. The van der Waals surface area contributed by atoms with Crippen LogP contribution >= 0.6 is 11.6 Å². The number of ether oxygens (including phenoxy) is 1. The molecule has 118 valence electrons. The molecule has 0 spiro atoms. The zero-order valence-corrected chi connectivity index (χ0v) is 14.3. The van der Waals surface area contributed by atoms with Crippen LogP contribution in [0.15, 0.2) is 12.1 Å². The number of carbonyl (C=O) groups excluding carboxylic acids is 1. The first-order chi connectivity index (χ1) is 9.79. The van der Waals surface area contributed by atoms with Crippen molar-refractivity contribution in [3.8, 4) is 5.75 Å². The monoisotopic (exact) mass is 313 g/mol. The molecule has 1 aromatic rings. The molecule has 0 heterocycles. The fraction of sp³-hybridized carbons (Fsp3) is 0.562. The standard InChI is InChI=1S/C16H25ClN2O2/c1-11(9-19(4)5)8-18-15(20)10-21-14-6-12(2)16(17)13(3)7-14/h6-7,11H,8-10H2,1-5H3,(H,18,20)/p+1/t11-/m0/s1. The van der Waals surface area contributed by atoms with Crippen molar-refractivity contribution in [3.63, 3.8) is 0 Å². The lowest BCUT2D eigenvalue weighted by Gasteiger charge is -2.15. The molecule has 0 aliphatic heterocycles. The Morgan fingerprint density at radius 1 is 1.33 bits per heavy atom. The maximum atomic E-state index is 11.8. The van der Waals surface area contributed by atoms with Gasteiger partial charge in [0.25, 0.3) is 5.91 Å². The molecule has 0 saturated heterocycles. The normalized spacial score (nSPS) is 12.3. The molecule has 0 unspecified atom stereocenters. The molecule has 2 N–H and O–H groups in total. The van der Waals surface area contributed by atoms with Crippen molar-refractivity contribution in [1.82, 2.24) is 5.32 Å². The molecule has 21 heavy (non-hydrogen) atoms.